The molecule has 33 heavy (non-hydrogen) atoms. The molecule has 0 saturated heterocycles. The molecule has 2 amide bonds. The summed E-state index contributed by atoms with van der Waals surface area (Å²) in [5.74, 6) is -0.558. The van der Waals surface area contributed by atoms with Gasteiger partial charge in [0.2, 0.25) is 24.0 Å². The van der Waals surface area contributed by atoms with Crippen molar-refractivity contribution < 1.29 is 19.2 Å². The van der Waals surface area contributed by atoms with Crippen LogP contribution in [0.4, 0.5) is 0 Å². The minimum Gasteiger partial charge on any atom is -0.352 e. The Morgan fingerprint density at radius 3 is 1.88 bits per heavy atom. The van der Waals surface area contributed by atoms with Crippen LogP contribution in [0.2, 0.25) is 0 Å². The van der Waals surface area contributed by atoms with E-state index in [9.17, 15) is 24.4 Å². The zero-order valence-corrected chi connectivity index (χ0v) is 18.2. The van der Waals surface area contributed by atoms with Crippen LogP contribution in [-0.4, -0.2) is 24.0 Å². The number of rotatable bonds is 11. The maximum atomic E-state index is 12.1. The third-order valence-electron chi connectivity index (χ3n) is 4.89. The highest BCUT2D eigenvalue weighted by molar-refractivity contribution is 5.83. The maximum Gasteiger partial charge on any atom is 0.235 e. The lowest BCUT2D eigenvalue weighted by molar-refractivity contribution is -0.126. The quantitative estimate of drug-likeness (QED) is 0.403. The molecule has 0 bridgehead atoms. The molecule has 168 valence electrons. The molecule has 0 fully saturated rings. The lowest BCUT2D eigenvalue weighted by atomic mass is 10.0. The van der Waals surface area contributed by atoms with Crippen LogP contribution >= 0.6 is 0 Å². The van der Waals surface area contributed by atoms with Crippen molar-refractivity contribution in [3.8, 4) is 6.07 Å². The molecule has 0 aliphatic carbocycles. The van der Waals surface area contributed by atoms with E-state index in [-0.39, 0.29) is 44.3 Å². The summed E-state index contributed by atoms with van der Waals surface area (Å²) in [5.41, 5.74) is 4.48. The number of amides is 2. The monoisotopic (exact) mass is 445 g/mol. The van der Waals surface area contributed by atoms with Crippen LogP contribution in [0, 0.1) is 18.3 Å². The fraction of sp³-hybridized carbons (Fsp3) is 0.292. The van der Waals surface area contributed by atoms with Gasteiger partial charge in [-0.3, -0.25) is 9.59 Å². The lowest BCUT2D eigenvalue weighted by Gasteiger charge is -2.10. The van der Waals surface area contributed by atoms with Crippen molar-refractivity contribution in [3.05, 3.63) is 69.8 Å². The number of aryl methyl sites for hydroxylation is 1. The molecular formula is C24H23N5O4. The van der Waals surface area contributed by atoms with E-state index < -0.39 is 0 Å². The summed E-state index contributed by atoms with van der Waals surface area (Å²) in [4.78, 5) is 51.7. The zero-order valence-electron chi connectivity index (χ0n) is 18.2. The Labute approximate surface area is 191 Å². The number of nitriles is 1. The van der Waals surface area contributed by atoms with Crippen LogP contribution in [0.3, 0.4) is 0 Å². The predicted molar refractivity (Wildman–Crippen MR) is 119 cm³/mol. The van der Waals surface area contributed by atoms with Crippen molar-refractivity contribution in [2.45, 2.75) is 45.9 Å². The fourth-order valence-corrected chi connectivity index (χ4v) is 3.07. The van der Waals surface area contributed by atoms with Crippen molar-refractivity contribution in [1.29, 1.82) is 5.26 Å². The molecule has 2 aromatic carbocycles. The molecule has 0 atom stereocenters. The third-order valence-corrected chi connectivity index (χ3v) is 4.89. The first-order chi connectivity index (χ1) is 16.0. The van der Waals surface area contributed by atoms with Gasteiger partial charge in [0.1, 0.15) is 0 Å². The SMILES string of the molecule is Cc1cc(CN=C=O)ccc1CNC(=O)CCC(=O)NCc1ccc(CN=C=O)cc1C#N. The second kappa shape index (κ2) is 13.1. The van der Waals surface area contributed by atoms with E-state index in [2.05, 4.69) is 26.7 Å². The smallest absolute Gasteiger partial charge is 0.235 e. The molecule has 2 N–H and O–H groups in total. The van der Waals surface area contributed by atoms with Gasteiger partial charge in [0.15, 0.2) is 0 Å². The van der Waals surface area contributed by atoms with Crippen LogP contribution in [0.1, 0.15) is 46.2 Å². The van der Waals surface area contributed by atoms with E-state index >= 15 is 0 Å². The summed E-state index contributed by atoms with van der Waals surface area (Å²) in [6.07, 6.45) is 3.00. The highest BCUT2D eigenvalue weighted by Gasteiger charge is 2.10. The molecule has 0 radical (unpaired) electrons. The lowest BCUT2D eigenvalue weighted by Crippen LogP contribution is -2.27. The number of carbonyl (C=O) groups excluding carboxylic acids is 4. The molecule has 0 unspecified atom stereocenters. The number of nitrogens with one attached hydrogen (secondary N) is 2. The Bertz CT molecular complexity index is 1160. The number of carbonyl (C=O) groups is 2. The van der Waals surface area contributed by atoms with E-state index in [1.54, 1.807) is 18.2 Å². The van der Waals surface area contributed by atoms with Gasteiger partial charge in [-0.05, 0) is 40.8 Å². The first-order valence-corrected chi connectivity index (χ1v) is 10.2. The molecule has 0 saturated carbocycles. The molecule has 2 rings (SSSR count). The number of nitrogens with zero attached hydrogens (tertiary/aromatic N) is 3. The molecule has 9 nitrogen and oxygen atoms in total. The summed E-state index contributed by atoms with van der Waals surface area (Å²) in [7, 11) is 0. The Hall–Kier alpha value is -4.37. The topological polar surface area (TPSA) is 141 Å². The second-order valence-corrected chi connectivity index (χ2v) is 7.23. The maximum absolute atomic E-state index is 12.1. The van der Waals surface area contributed by atoms with E-state index in [4.69, 9.17) is 0 Å². The van der Waals surface area contributed by atoms with Gasteiger partial charge in [0.25, 0.3) is 0 Å². The van der Waals surface area contributed by atoms with Gasteiger partial charge in [-0.25, -0.2) is 19.6 Å². The number of hydrogen-bond donors (Lipinski definition) is 2. The van der Waals surface area contributed by atoms with Crippen molar-refractivity contribution in [2.75, 3.05) is 0 Å². The number of aliphatic imine (C=N–C) groups is 2. The predicted octanol–water partition coefficient (Wildman–Crippen LogP) is 2.25. The van der Waals surface area contributed by atoms with Gasteiger partial charge in [-0.15, -0.1) is 0 Å². The molecule has 0 aliphatic heterocycles. The first-order valence-electron chi connectivity index (χ1n) is 10.2. The molecular weight excluding hydrogens is 422 g/mol. The first kappa shape index (κ1) is 24.9. The summed E-state index contributed by atoms with van der Waals surface area (Å²) >= 11 is 0. The van der Waals surface area contributed by atoms with E-state index in [0.717, 1.165) is 16.7 Å². The molecule has 0 spiro atoms. The Kier molecular flexibility index (Phi) is 9.91. The minimum atomic E-state index is -0.306. The van der Waals surface area contributed by atoms with Gasteiger partial charge < -0.3 is 10.6 Å². The Morgan fingerprint density at radius 2 is 1.36 bits per heavy atom. The van der Waals surface area contributed by atoms with E-state index in [0.29, 0.717) is 23.2 Å². The number of isocyanates is 2. The van der Waals surface area contributed by atoms with Crippen LogP contribution in [0.5, 0.6) is 0 Å². The van der Waals surface area contributed by atoms with Crippen LogP contribution < -0.4 is 10.6 Å². The number of benzene rings is 2. The van der Waals surface area contributed by atoms with Crippen molar-refractivity contribution in [3.63, 3.8) is 0 Å². The molecule has 0 aromatic heterocycles. The van der Waals surface area contributed by atoms with E-state index in [1.165, 1.54) is 12.2 Å². The van der Waals surface area contributed by atoms with Gasteiger partial charge in [0, 0.05) is 25.9 Å². The van der Waals surface area contributed by atoms with Gasteiger partial charge in [-0.1, -0.05) is 30.3 Å². The van der Waals surface area contributed by atoms with Gasteiger partial charge in [-0.2, -0.15) is 5.26 Å². The molecule has 2 aromatic rings. The van der Waals surface area contributed by atoms with Gasteiger partial charge in [0.05, 0.1) is 24.7 Å². The Balaban J connectivity index is 1.78. The van der Waals surface area contributed by atoms with Crippen LogP contribution in [0.25, 0.3) is 0 Å². The van der Waals surface area contributed by atoms with Crippen molar-refractivity contribution in [2.24, 2.45) is 9.98 Å². The normalized spacial score (nSPS) is 9.70. The Morgan fingerprint density at radius 1 is 0.848 bits per heavy atom. The number of hydrogen-bond acceptors (Lipinski definition) is 7. The molecule has 0 heterocycles. The summed E-state index contributed by atoms with van der Waals surface area (Å²) in [6, 6.07) is 12.7. The van der Waals surface area contributed by atoms with Crippen LogP contribution in [0.15, 0.2) is 46.4 Å². The third kappa shape index (κ3) is 8.35. The average molecular weight is 445 g/mol. The highest BCUT2D eigenvalue weighted by atomic mass is 16.2. The summed E-state index contributed by atoms with van der Waals surface area (Å²) in [6.45, 7) is 2.79. The van der Waals surface area contributed by atoms with Gasteiger partial charge >= 0.3 is 0 Å². The minimum absolute atomic E-state index is 0.0153. The second-order valence-electron chi connectivity index (χ2n) is 7.23. The molecule has 0 aliphatic rings. The van der Waals surface area contributed by atoms with Crippen molar-refractivity contribution in [1.82, 2.24) is 10.6 Å². The zero-order chi connectivity index (χ0) is 24.1. The summed E-state index contributed by atoms with van der Waals surface area (Å²) in [5, 5.41) is 14.8. The summed E-state index contributed by atoms with van der Waals surface area (Å²) < 4.78 is 0. The fourth-order valence-electron chi connectivity index (χ4n) is 3.07. The largest absolute Gasteiger partial charge is 0.352 e. The van der Waals surface area contributed by atoms with E-state index in [1.807, 2.05) is 25.1 Å². The van der Waals surface area contributed by atoms with Crippen molar-refractivity contribution >= 4 is 24.0 Å². The molecule has 9 heteroatoms. The van der Waals surface area contributed by atoms with Crippen LogP contribution in [-0.2, 0) is 45.4 Å². The standard InChI is InChI=1S/C24H23N5O4/c1-17-8-18(11-26-15-30)2-4-20(17)13-28-23(32)6-7-24(33)29-14-21-5-3-19(12-27-16-31)9-22(21)10-25/h2-5,8-9H,6-7,11-14H2,1H3,(H,28,32)(H,29,33). The average Bonchev–Trinajstić information content (AvgIpc) is 2.83. The highest BCUT2D eigenvalue weighted by Crippen LogP contribution is 2.13.